The van der Waals surface area contributed by atoms with Crippen molar-refractivity contribution < 1.29 is 53.1 Å². The number of ketones is 2. The first kappa shape index (κ1) is 48.9. The summed E-state index contributed by atoms with van der Waals surface area (Å²) in [7, 11) is 1.19. The van der Waals surface area contributed by atoms with Crippen LogP contribution in [0.3, 0.4) is 0 Å². The molecule has 2 aliphatic carbocycles. The number of carboxylic acid groups (broad SMARTS) is 1. The van der Waals surface area contributed by atoms with Crippen molar-refractivity contribution in [3.63, 3.8) is 0 Å². The van der Waals surface area contributed by atoms with E-state index in [-0.39, 0.29) is 49.0 Å². The van der Waals surface area contributed by atoms with Crippen molar-refractivity contribution in [2.75, 3.05) is 13.7 Å². The van der Waals surface area contributed by atoms with E-state index in [0.29, 0.717) is 0 Å². The number of carboxylic acids is 1. The van der Waals surface area contributed by atoms with E-state index >= 15 is 0 Å². The van der Waals surface area contributed by atoms with Crippen molar-refractivity contribution in [1.29, 1.82) is 0 Å². The lowest BCUT2D eigenvalue weighted by Gasteiger charge is -2.37. The van der Waals surface area contributed by atoms with Crippen LogP contribution < -0.4 is 16.4 Å². The van der Waals surface area contributed by atoms with Crippen molar-refractivity contribution >= 4 is 52.8 Å². The summed E-state index contributed by atoms with van der Waals surface area (Å²) in [6.07, 6.45) is 13.9. The van der Waals surface area contributed by atoms with Crippen molar-refractivity contribution in [3.8, 4) is 0 Å². The fourth-order valence-corrected chi connectivity index (χ4v) is 8.87. The van der Waals surface area contributed by atoms with Gasteiger partial charge in [0.1, 0.15) is 18.1 Å². The first-order chi connectivity index (χ1) is 29.3. The Morgan fingerprint density at radius 3 is 2.11 bits per heavy atom. The van der Waals surface area contributed by atoms with Gasteiger partial charge in [-0.3, -0.25) is 38.9 Å². The minimum atomic E-state index is -1.58. The van der Waals surface area contributed by atoms with Gasteiger partial charge < -0.3 is 31.1 Å². The number of non-ortho nitro benzene ring substituents is 1. The first-order valence-corrected chi connectivity index (χ1v) is 21.5. The molecular weight excluding hydrogens is 803 g/mol. The molecular formula is C45H61N5O12. The van der Waals surface area contributed by atoms with Gasteiger partial charge in [-0.25, -0.2) is 9.59 Å². The Morgan fingerprint density at radius 2 is 1.55 bits per heavy atom. The fraction of sp³-hybridized carbons (Fsp3) is 0.600. The molecule has 4 rings (SSSR count). The van der Waals surface area contributed by atoms with Crippen LogP contribution in [-0.2, 0) is 33.5 Å². The second kappa shape index (κ2) is 22.4. The van der Waals surface area contributed by atoms with E-state index < -0.39 is 99.3 Å². The van der Waals surface area contributed by atoms with Crippen LogP contribution in [-0.4, -0.2) is 93.8 Å². The standard InChI is InChI=1S/C45H61N5O12/c1-45(2,3)39(48-41(55)29(18-11-12-20-37(53)62-4)24-35(51)31-22-21-30(50(60)61)25-33(31)44(58)59)43(57)49-23-13-19-34(49)36(52)26-32(27-14-7-5-8-15-27)42(56)47-38(40(46)54)28-16-9-6-10-17-28/h12-13,19-22,25,27-29,32,34,38-39H,5-11,14-18,23-24,26H2,1-4H3,(H2,46,54)(H,47,56)(H,48,55)(H,58,59)/b20-12+/t29-,32?,34+,38+,39-/m1/s1. The van der Waals surface area contributed by atoms with Gasteiger partial charge in [0, 0.05) is 55.0 Å². The number of amides is 4. The minimum absolute atomic E-state index is 0.0279. The molecule has 3 aliphatic rings. The second-order valence-corrected chi connectivity index (χ2v) is 17.8. The summed E-state index contributed by atoms with van der Waals surface area (Å²) >= 11 is 0. The van der Waals surface area contributed by atoms with Gasteiger partial charge >= 0.3 is 11.9 Å². The van der Waals surface area contributed by atoms with E-state index in [2.05, 4.69) is 15.4 Å². The number of primary amides is 1. The van der Waals surface area contributed by atoms with Gasteiger partial charge in [0.25, 0.3) is 5.69 Å². The summed E-state index contributed by atoms with van der Waals surface area (Å²) in [5.41, 5.74) is 3.36. The molecule has 1 aliphatic heterocycles. The third-order valence-electron chi connectivity index (χ3n) is 12.4. The van der Waals surface area contributed by atoms with E-state index in [1.165, 1.54) is 18.1 Å². The Hall–Kier alpha value is -5.74. The zero-order valence-electron chi connectivity index (χ0n) is 36.1. The molecule has 1 aromatic carbocycles. The predicted octanol–water partition coefficient (Wildman–Crippen LogP) is 5.00. The summed E-state index contributed by atoms with van der Waals surface area (Å²) in [5, 5.41) is 26.8. The number of carbonyl (C=O) groups excluding carboxylic acids is 7. The lowest BCUT2D eigenvalue weighted by Crippen LogP contribution is -2.58. The zero-order valence-corrected chi connectivity index (χ0v) is 36.1. The lowest BCUT2D eigenvalue weighted by atomic mass is 9.76. The third-order valence-corrected chi connectivity index (χ3v) is 12.4. The lowest BCUT2D eigenvalue weighted by molar-refractivity contribution is -0.384. The molecule has 2 fully saturated rings. The number of nitrogens with one attached hydrogen (secondary N) is 2. The van der Waals surface area contributed by atoms with Crippen molar-refractivity contribution in [2.24, 2.45) is 34.8 Å². The quantitative estimate of drug-likeness (QED) is 0.0337. The molecule has 0 spiro atoms. The Labute approximate surface area is 361 Å². The molecule has 62 heavy (non-hydrogen) atoms. The van der Waals surface area contributed by atoms with Crippen molar-refractivity contribution in [3.05, 3.63) is 63.7 Å². The molecule has 0 bridgehead atoms. The van der Waals surface area contributed by atoms with Gasteiger partial charge in [-0.15, -0.1) is 0 Å². The first-order valence-electron chi connectivity index (χ1n) is 21.5. The number of nitrogens with zero attached hydrogens (tertiary/aromatic N) is 2. The molecule has 17 nitrogen and oxygen atoms in total. The number of ether oxygens (including phenoxy) is 1. The predicted molar refractivity (Wildman–Crippen MR) is 226 cm³/mol. The van der Waals surface area contributed by atoms with Gasteiger partial charge in [-0.05, 0) is 61.8 Å². The number of rotatable bonds is 20. The molecule has 1 aromatic rings. The molecule has 4 amide bonds. The number of benzene rings is 1. The highest BCUT2D eigenvalue weighted by Gasteiger charge is 2.43. The maximum Gasteiger partial charge on any atom is 0.336 e. The zero-order chi connectivity index (χ0) is 45.7. The molecule has 0 radical (unpaired) electrons. The number of esters is 1. The highest BCUT2D eigenvalue weighted by Crippen LogP contribution is 2.35. The molecule has 17 heteroatoms. The summed E-state index contributed by atoms with van der Waals surface area (Å²) in [6, 6.07) is -0.356. The molecule has 1 heterocycles. The molecule has 5 N–H and O–H groups in total. The summed E-state index contributed by atoms with van der Waals surface area (Å²) in [5.74, 6) is -7.82. The number of nitrogens with two attached hydrogens (primary N) is 1. The second-order valence-electron chi connectivity index (χ2n) is 17.8. The Bertz CT molecular complexity index is 1920. The molecule has 0 saturated heterocycles. The topological polar surface area (TPSA) is 262 Å². The highest BCUT2D eigenvalue weighted by molar-refractivity contribution is 6.07. The third kappa shape index (κ3) is 13.1. The SMILES string of the molecule is COC(=O)/C=C/CC[C@H](CC(=O)c1ccc([N+](=O)[O-])cc1C(=O)O)C(=O)N[C@H](C(=O)N1CC=C[C@H]1C(=O)CC(C(=O)N[C@H](C(N)=O)C1CCCCC1)C1CCCCC1)C(C)(C)C. The molecule has 0 aromatic heterocycles. The largest absolute Gasteiger partial charge is 0.478 e. The van der Waals surface area contributed by atoms with Crippen molar-refractivity contribution in [1.82, 2.24) is 15.5 Å². The molecule has 5 atom stereocenters. The monoisotopic (exact) mass is 863 g/mol. The van der Waals surface area contributed by atoms with Crippen LogP contribution in [0.4, 0.5) is 5.69 Å². The van der Waals surface area contributed by atoms with Crippen LogP contribution in [0.1, 0.15) is 131 Å². The van der Waals surface area contributed by atoms with Gasteiger partial charge in [-0.2, -0.15) is 0 Å². The number of Topliss-reactive ketones (excluding diaryl/α,β-unsaturated/α-hetero) is 2. The van der Waals surface area contributed by atoms with E-state index in [4.69, 9.17) is 5.73 Å². The normalized spacial score (nSPS) is 19.2. The molecule has 1 unspecified atom stereocenters. The van der Waals surface area contributed by atoms with E-state index in [9.17, 15) is 53.6 Å². The number of aromatic carboxylic acids is 1. The van der Waals surface area contributed by atoms with Crippen LogP contribution in [0.25, 0.3) is 0 Å². The minimum Gasteiger partial charge on any atom is -0.478 e. The number of nitro groups is 1. The molecule has 338 valence electrons. The number of hydrogen-bond donors (Lipinski definition) is 4. The number of nitro benzene ring substituents is 1. The summed E-state index contributed by atoms with van der Waals surface area (Å²) in [6.45, 7) is 5.20. The van der Waals surface area contributed by atoms with Crippen LogP contribution >= 0.6 is 0 Å². The van der Waals surface area contributed by atoms with E-state index in [0.717, 1.165) is 88.5 Å². The van der Waals surface area contributed by atoms with E-state index in [1.807, 2.05) is 0 Å². The smallest absolute Gasteiger partial charge is 0.336 e. The van der Waals surface area contributed by atoms with Gasteiger partial charge in [-0.1, -0.05) is 77.5 Å². The van der Waals surface area contributed by atoms with Crippen LogP contribution in [0.2, 0.25) is 0 Å². The van der Waals surface area contributed by atoms with E-state index in [1.54, 1.807) is 32.9 Å². The Morgan fingerprint density at radius 1 is 0.919 bits per heavy atom. The molecule has 2 saturated carbocycles. The van der Waals surface area contributed by atoms with Crippen LogP contribution in [0.15, 0.2) is 42.5 Å². The summed E-state index contributed by atoms with van der Waals surface area (Å²) in [4.78, 5) is 119. The highest BCUT2D eigenvalue weighted by atomic mass is 16.6. The number of hydrogen-bond acceptors (Lipinski definition) is 11. The van der Waals surface area contributed by atoms with Crippen molar-refractivity contribution in [2.45, 2.75) is 129 Å². The Kier molecular flexibility index (Phi) is 17.7. The van der Waals surface area contributed by atoms with Gasteiger partial charge in [0.2, 0.25) is 23.6 Å². The maximum absolute atomic E-state index is 14.5. The van der Waals surface area contributed by atoms with Gasteiger partial charge in [0.15, 0.2) is 11.6 Å². The number of carbonyl (C=O) groups is 8. The summed E-state index contributed by atoms with van der Waals surface area (Å²) < 4.78 is 4.62. The maximum atomic E-state index is 14.5. The Balaban J connectivity index is 1.57. The average Bonchev–Trinajstić information content (AvgIpc) is 3.74. The number of methoxy groups -OCH3 is 1. The fourth-order valence-electron chi connectivity index (χ4n) is 8.87. The van der Waals surface area contributed by atoms with Gasteiger partial charge in [0.05, 0.1) is 17.6 Å². The van der Waals surface area contributed by atoms with Crippen LogP contribution in [0.5, 0.6) is 0 Å². The number of allylic oxidation sites excluding steroid dienone is 1. The van der Waals surface area contributed by atoms with Crippen LogP contribution in [0, 0.1) is 39.2 Å². The average molecular weight is 864 g/mol.